The summed E-state index contributed by atoms with van der Waals surface area (Å²) in [5.74, 6) is 0.560. The molecule has 3 aliphatic rings. The van der Waals surface area contributed by atoms with Crippen LogP contribution in [0.15, 0.2) is 0 Å². The maximum atomic E-state index is 12.5. The minimum atomic E-state index is 0.00518. The molecule has 0 bridgehead atoms. The van der Waals surface area contributed by atoms with Crippen LogP contribution in [0.2, 0.25) is 0 Å². The molecule has 0 aromatic heterocycles. The molecule has 0 radical (unpaired) electrons. The molecule has 2 heterocycles. The molecule has 1 saturated carbocycles. The van der Waals surface area contributed by atoms with Crippen LogP contribution in [0.5, 0.6) is 0 Å². The van der Waals surface area contributed by atoms with Gasteiger partial charge in [-0.15, -0.1) is 0 Å². The lowest BCUT2D eigenvalue weighted by Gasteiger charge is -2.29. The fourth-order valence-corrected chi connectivity index (χ4v) is 3.98. The van der Waals surface area contributed by atoms with Crippen molar-refractivity contribution in [1.29, 1.82) is 0 Å². The average Bonchev–Trinajstić information content (AvgIpc) is 3.04. The van der Waals surface area contributed by atoms with E-state index in [2.05, 4.69) is 5.32 Å². The standard InChI is InChI=1S/C17H28N2O3/c20-16(14-5-4-10-22-12-14)18-15-7-6-13(11-15)17(21)19-8-2-1-3-9-19/h13-15H,1-12H2,(H,18,20)/t13-,14?,15+/m1/s1. The van der Waals surface area contributed by atoms with Gasteiger partial charge in [-0.2, -0.15) is 0 Å². The number of carbonyl (C=O) groups is 2. The van der Waals surface area contributed by atoms with Crippen LogP contribution in [-0.4, -0.2) is 49.1 Å². The predicted molar refractivity (Wildman–Crippen MR) is 83.2 cm³/mol. The van der Waals surface area contributed by atoms with Gasteiger partial charge in [0.1, 0.15) is 0 Å². The Labute approximate surface area is 132 Å². The Bertz CT molecular complexity index is 401. The van der Waals surface area contributed by atoms with E-state index >= 15 is 0 Å². The first-order valence-electron chi connectivity index (χ1n) is 8.91. The van der Waals surface area contributed by atoms with Crippen LogP contribution in [0.3, 0.4) is 0 Å². The number of hydrogen-bond acceptors (Lipinski definition) is 3. The first-order valence-corrected chi connectivity index (χ1v) is 8.91. The van der Waals surface area contributed by atoms with Gasteiger partial charge in [0.05, 0.1) is 12.5 Å². The van der Waals surface area contributed by atoms with E-state index in [1.54, 1.807) is 0 Å². The number of rotatable bonds is 3. The second kappa shape index (κ2) is 7.44. The molecule has 2 aliphatic heterocycles. The molecule has 2 saturated heterocycles. The quantitative estimate of drug-likeness (QED) is 0.863. The molecular formula is C17H28N2O3. The van der Waals surface area contributed by atoms with Gasteiger partial charge in [0.25, 0.3) is 0 Å². The van der Waals surface area contributed by atoms with Crippen molar-refractivity contribution in [3.05, 3.63) is 0 Å². The van der Waals surface area contributed by atoms with E-state index in [1.165, 1.54) is 6.42 Å². The highest BCUT2D eigenvalue weighted by Gasteiger charge is 2.34. The van der Waals surface area contributed by atoms with Crippen molar-refractivity contribution in [2.75, 3.05) is 26.3 Å². The summed E-state index contributed by atoms with van der Waals surface area (Å²) in [5, 5.41) is 3.15. The van der Waals surface area contributed by atoms with E-state index in [0.717, 1.165) is 64.6 Å². The molecule has 1 aliphatic carbocycles. The molecule has 0 aromatic rings. The maximum Gasteiger partial charge on any atom is 0.225 e. The highest BCUT2D eigenvalue weighted by molar-refractivity contribution is 5.81. The van der Waals surface area contributed by atoms with Gasteiger partial charge in [-0.1, -0.05) is 0 Å². The van der Waals surface area contributed by atoms with Crippen LogP contribution >= 0.6 is 0 Å². The molecule has 5 heteroatoms. The van der Waals surface area contributed by atoms with Crippen LogP contribution in [-0.2, 0) is 14.3 Å². The zero-order chi connectivity index (χ0) is 15.4. The molecule has 3 rings (SSSR count). The smallest absolute Gasteiger partial charge is 0.225 e. The number of nitrogens with one attached hydrogen (secondary N) is 1. The molecule has 2 amide bonds. The van der Waals surface area contributed by atoms with E-state index in [1.807, 2.05) is 4.90 Å². The second-order valence-electron chi connectivity index (χ2n) is 7.02. The molecular weight excluding hydrogens is 280 g/mol. The Morgan fingerprint density at radius 2 is 1.77 bits per heavy atom. The summed E-state index contributed by atoms with van der Waals surface area (Å²) in [4.78, 5) is 26.8. The molecule has 1 unspecified atom stereocenters. The first kappa shape index (κ1) is 15.8. The summed E-state index contributed by atoms with van der Waals surface area (Å²) in [5.41, 5.74) is 0. The summed E-state index contributed by atoms with van der Waals surface area (Å²) in [7, 11) is 0. The Balaban J connectivity index is 1.45. The monoisotopic (exact) mass is 308 g/mol. The van der Waals surface area contributed by atoms with Gasteiger partial charge < -0.3 is 15.0 Å². The minimum Gasteiger partial charge on any atom is -0.381 e. The number of likely N-dealkylation sites (tertiary alicyclic amines) is 1. The predicted octanol–water partition coefficient (Wildman–Crippen LogP) is 1.71. The van der Waals surface area contributed by atoms with Gasteiger partial charge in [0.2, 0.25) is 11.8 Å². The fraction of sp³-hybridized carbons (Fsp3) is 0.882. The summed E-state index contributed by atoms with van der Waals surface area (Å²) in [6.07, 6.45) is 8.09. The number of piperidine rings is 1. The van der Waals surface area contributed by atoms with Gasteiger partial charge in [-0.25, -0.2) is 0 Å². The van der Waals surface area contributed by atoms with Crippen molar-refractivity contribution in [3.8, 4) is 0 Å². The Morgan fingerprint density at radius 1 is 0.955 bits per heavy atom. The Kier molecular flexibility index (Phi) is 5.34. The fourth-order valence-electron chi connectivity index (χ4n) is 3.98. The second-order valence-corrected chi connectivity index (χ2v) is 7.02. The average molecular weight is 308 g/mol. The normalized spacial score (nSPS) is 32.7. The van der Waals surface area contributed by atoms with Crippen LogP contribution < -0.4 is 5.32 Å². The van der Waals surface area contributed by atoms with Crippen molar-refractivity contribution < 1.29 is 14.3 Å². The van der Waals surface area contributed by atoms with Crippen LogP contribution in [0.25, 0.3) is 0 Å². The highest BCUT2D eigenvalue weighted by atomic mass is 16.5. The third-order valence-electron chi connectivity index (χ3n) is 5.33. The highest BCUT2D eigenvalue weighted by Crippen LogP contribution is 2.29. The number of nitrogens with zero attached hydrogens (tertiary/aromatic N) is 1. The summed E-state index contributed by atoms with van der Waals surface area (Å²) < 4.78 is 5.38. The minimum absolute atomic E-state index is 0.00518. The first-order chi connectivity index (χ1) is 10.7. The number of amides is 2. The van der Waals surface area contributed by atoms with E-state index in [4.69, 9.17) is 4.74 Å². The molecule has 3 atom stereocenters. The molecule has 124 valence electrons. The molecule has 1 N–H and O–H groups in total. The molecule has 3 fully saturated rings. The molecule has 5 nitrogen and oxygen atoms in total. The van der Waals surface area contributed by atoms with Crippen molar-refractivity contribution in [1.82, 2.24) is 10.2 Å². The summed E-state index contributed by atoms with van der Waals surface area (Å²) in [6, 6.07) is 0.174. The Morgan fingerprint density at radius 3 is 2.50 bits per heavy atom. The van der Waals surface area contributed by atoms with Crippen LogP contribution in [0, 0.1) is 11.8 Å². The van der Waals surface area contributed by atoms with Crippen molar-refractivity contribution >= 4 is 11.8 Å². The van der Waals surface area contributed by atoms with Gasteiger partial charge >= 0.3 is 0 Å². The lowest BCUT2D eigenvalue weighted by Crippen LogP contribution is -2.42. The third-order valence-corrected chi connectivity index (χ3v) is 5.33. The number of ether oxygens (including phenoxy) is 1. The van der Waals surface area contributed by atoms with E-state index in [-0.39, 0.29) is 23.8 Å². The molecule has 0 spiro atoms. The SMILES string of the molecule is O=C(N[C@H]1CC[C@@H](C(=O)N2CCCCC2)C1)C1CCCOC1. The zero-order valence-corrected chi connectivity index (χ0v) is 13.4. The third kappa shape index (κ3) is 3.80. The van der Waals surface area contributed by atoms with E-state index in [0.29, 0.717) is 12.5 Å². The van der Waals surface area contributed by atoms with Crippen LogP contribution in [0.4, 0.5) is 0 Å². The van der Waals surface area contributed by atoms with Gasteiger partial charge in [-0.3, -0.25) is 9.59 Å². The van der Waals surface area contributed by atoms with Gasteiger partial charge in [0, 0.05) is 31.7 Å². The van der Waals surface area contributed by atoms with Gasteiger partial charge in [-0.05, 0) is 51.4 Å². The van der Waals surface area contributed by atoms with E-state index < -0.39 is 0 Å². The van der Waals surface area contributed by atoms with Crippen molar-refractivity contribution in [2.45, 2.75) is 57.4 Å². The number of carbonyl (C=O) groups excluding carboxylic acids is 2. The lowest BCUT2D eigenvalue weighted by atomic mass is 10.0. The molecule has 0 aromatic carbocycles. The summed E-state index contributed by atoms with van der Waals surface area (Å²) >= 11 is 0. The van der Waals surface area contributed by atoms with Crippen molar-refractivity contribution in [3.63, 3.8) is 0 Å². The van der Waals surface area contributed by atoms with E-state index in [9.17, 15) is 9.59 Å². The summed E-state index contributed by atoms with van der Waals surface area (Å²) in [6.45, 7) is 3.17. The molecule has 22 heavy (non-hydrogen) atoms. The zero-order valence-electron chi connectivity index (χ0n) is 13.4. The van der Waals surface area contributed by atoms with Crippen LogP contribution in [0.1, 0.15) is 51.4 Å². The largest absolute Gasteiger partial charge is 0.381 e. The van der Waals surface area contributed by atoms with Gasteiger partial charge in [0.15, 0.2) is 0 Å². The van der Waals surface area contributed by atoms with Crippen molar-refractivity contribution in [2.24, 2.45) is 11.8 Å². The lowest BCUT2D eigenvalue weighted by molar-refractivity contribution is -0.136. The maximum absolute atomic E-state index is 12.5. The Hall–Kier alpha value is -1.10. The number of hydrogen-bond donors (Lipinski definition) is 1. The topological polar surface area (TPSA) is 58.6 Å².